The Labute approximate surface area is 91.7 Å². The number of aryl methyl sites for hydroxylation is 1. The summed E-state index contributed by atoms with van der Waals surface area (Å²) >= 11 is 0. The number of nitrogens with two attached hydrogens (primary N) is 1. The van der Waals surface area contributed by atoms with Crippen molar-refractivity contribution < 1.29 is 0 Å². The van der Waals surface area contributed by atoms with Crippen LogP contribution in [0.15, 0.2) is 0 Å². The maximum atomic E-state index is 6.15. The van der Waals surface area contributed by atoms with Gasteiger partial charge in [-0.3, -0.25) is 4.68 Å². The van der Waals surface area contributed by atoms with E-state index in [0.717, 1.165) is 18.5 Å². The van der Waals surface area contributed by atoms with Gasteiger partial charge in [0, 0.05) is 17.3 Å². The monoisotopic (exact) mass is 207 g/mol. The van der Waals surface area contributed by atoms with Crippen molar-refractivity contribution in [2.75, 3.05) is 0 Å². The van der Waals surface area contributed by atoms with Gasteiger partial charge in [-0.05, 0) is 47.0 Å². The van der Waals surface area contributed by atoms with Gasteiger partial charge in [-0.2, -0.15) is 5.10 Å². The number of hydrogen-bond donors (Lipinski definition) is 1. The Bertz CT molecular complexity index is 371. The first-order chi connectivity index (χ1) is 6.91. The zero-order valence-electron chi connectivity index (χ0n) is 10.2. The molecule has 0 spiro atoms. The Balaban J connectivity index is 2.56. The highest BCUT2D eigenvalue weighted by Crippen LogP contribution is 2.33. The van der Waals surface area contributed by atoms with Crippen LogP contribution in [0.5, 0.6) is 0 Å². The summed E-state index contributed by atoms with van der Waals surface area (Å²) in [5, 5.41) is 4.65. The molecule has 3 heteroatoms. The van der Waals surface area contributed by atoms with Crippen molar-refractivity contribution >= 4 is 0 Å². The molecule has 2 rings (SSSR count). The van der Waals surface area contributed by atoms with E-state index in [0.29, 0.717) is 0 Å². The smallest absolute Gasteiger partial charge is 0.0644 e. The fourth-order valence-corrected chi connectivity index (χ4v) is 2.50. The van der Waals surface area contributed by atoms with Gasteiger partial charge in [-0.1, -0.05) is 0 Å². The first-order valence-corrected chi connectivity index (χ1v) is 5.75. The van der Waals surface area contributed by atoms with Crippen molar-refractivity contribution in [3.05, 3.63) is 17.0 Å². The number of fused-ring (bicyclic) bond motifs is 1. The lowest BCUT2D eigenvalue weighted by molar-refractivity contribution is 0.336. The van der Waals surface area contributed by atoms with Crippen molar-refractivity contribution in [1.82, 2.24) is 9.78 Å². The number of hydrogen-bond acceptors (Lipinski definition) is 2. The molecule has 1 atom stereocenters. The fourth-order valence-electron chi connectivity index (χ4n) is 2.50. The van der Waals surface area contributed by atoms with Gasteiger partial charge < -0.3 is 5.73 Å². The minimum Gasteiger partial charge on any atom is -0.324 e. The molecule has 0 radical (unpaired) electrons. The van der Waals surface area contributed by atoms with E-state index in [1.807, 2.05) is 0 Å². The lowest BCUT2D eigenvalue weighted by atomic mass is 9.91. The Morgan fingerprint density at radius 2 is 2.07 bits per heavy atom. The van der Waals surface area contributed by atoms with Crippen LogP contribution in [-0.4, -0.2) is 9.78 Å². The molecule has 1 aromatic heterocycles. The third-order valence-corrected chi connectivity index (χ3v) is 3.14. The van der Waals surface area contributed by atoms with Crippen molar-refractivity contribution in [1.29, 1.82) is 0 Å². The van der Waals surface area contributed by atoms with Crippen molar-refractivity contribution in [3.8, 4) is 0 Å². The van der Waals surface area contributed by atoms with E-state index in [1.54, 1.807) is 0 Å². The van der Waals surface area contributed by atoms with Gasteiger partial charge in [0.25, 0.3) is 0 Å². The van der Waals surface area contributed by atoms with Crippen LogP contribution < -0.4 is 5.73 Å². The number of aromatic nitrogens is 2. The van der Waals surface area contributed by atoms with Crippen molar-refractivity contribution in [2.24, 2.45) is 5.73 Å². The van der Waals surface area contributed by atoms with Crippen LogP contribution in [0.1, 0.15) is 56.6 Å². The third kappa shape index (κ3) is 1.69. The summed E-state index contributed by atoms with van der Waals surface area (Å²) in [6.07, 6.45) is 3.42. The average Bonchev–Trinajstić information content (AvgIpc) is 2.44. The summed E-state index contributed by atoms with van der Waals surface area (Å²) in [5.74, 6) is 0. The predicted molar refractivity (Wildman–Crippen MR) is 61.8 cm³/mol. The topological polar surface area (TPSA) is 43.8 Å². The highest BCUT2D eigenvalue weighted by Gasteiger charge is 2.28. The number of nitrogens with zero attached hydrogens (tertiary/aromatic N) is 2. The molecule has 1 aliphatic carbocycles. The highest BCUT2D eigenvalue weighted by molar-refractivity contribution is 5.31. The van der Waals surface area contributed by atoms with Crippen LogP contribution in [0.2, 0.25) is 0 Å². The Morgan fingerprint density at radius 1 is 1.40 bits per heavy atom. The molecule has 0 amide bonds. The Morgan fingerprint density at radius 3 is 2.67 bits per heavy atom. The van der Waals surface area contributed by atoms with E-state index in [2.05, 4.69) is 37.5 Å². The number of rotatable bonds is 0. The molecule has 1 aromatic rings. The predicted octanol–water partition coefficient (Wildman–Crippen LogP) is 2.28. The maximum Gasteiger partial charge on any atom is 0.0644 e. The van der Waals surface area contributed by atoms with E-state index in [1.165, 1.54) is 17.7 Å². The lowest BCUT2D eigenvalue weighted by Gasteiger charge is -2.26. The summed E-state index contributed by atoms with van der Waals surface area (Å²) < 4.78 is 2.16. The summed E-state index contributed by atoms with van der Waals surface area (Å²) in [6.45, 7) is 8.66. The molecule has 84 valence electrons. The Hall–Kier alpha value is -0.830. The second kappa shape index (κ2) is 3.34. The molecule has 1 unspecified atom stereocenters. The van der Waals surface area contributed by atoms with Gasteiger partial charge in [0.05, 0.1) is 11.2 Å². The summed E-state index contributed by atoms with van der Waals surface area (Å²) in [4.78, 5) is 0. The molecule has 1 heterocycles. The van der Waals surface area contributed by atoms with Crippen LogP contribution in [0.25, 0.3) is 0 Å². The van der Waals surface area contributed by atoms with E-state index >= 15 is 0 Å². The van der Waals surface area contributed by atoms with Crippen LogP contribution in [-0.2, 0) is 12.0 Å². The van der Waals surface area contributed by atoms with Gasteiger partial charge in [0.2, 0.25) is 0 Å². The van der Waals surface area contributed by atoms with E-state index in [9.17, 15) is 0 Å². The molecule has 0 fully saturated rings. The lowest BCUT2D eigenvalue weighted by Crippen LogP contribution is -2.27. The van der Waals surface area contributed by atoms with Crippen LogP contribution in [0.4, 0.5) is 0 Å². The minimum atomic E-state index is 0.0649. The van der Waals surface area contributed by atoms with Gasteiger partial charge in [-0.25, -0.2) is 0 Å². The zero-order chi connectivity index (χ0) is 11.2. The normalized spacial score (nSPS) is 21.5. The Kier molecular flexibility index (Phi) is 2.38. The summed E-state index contributed by atoms with van der Waals surface area (Å²) in [5.41, 5.74) is 10.00. The SMILES string of the molecule is Cc1nn(C(C)(C)C)c2c1C(N)CCC2. The average molecular weight is 207 g/mol. The van der Waals surface area contributed by atoms with Gasteiger partial charge in [0.1, 0.15) is 0 Å². The summed E-state index contributed by atoms with van der Waals surface area (Å²) in [6, 6.07) is 0.199. The standard InChI is InChI=1S/C12H21N3/c1-8-11-9(13)6-5-7-10(11)15(14-8)12(2,3)4/h9H,5-7,13H2,1-4H3. The molecule has 0 aliphatic heterocycles. The van der Waals surface area contributed by atoms with Gasteiger partial charge >= 0.3 is 0 Å². The molecule has 0 aromatic carbocycles. The molecular weight excluding hydrogens is 186 g/mol. The maximum absolute atomic E-state index is 6.15. The largest absolute Gasteiger partial charge is 0.324 e. The molecule has 3 nitrogen and oxygen atoms in total. The molecule has 0 bridgehead atoms. The fraction of sp³-hybridized carbons (Fsp3) is 0.750. The van der Waals surface area contributed by atoms with Crippen LogP contribution >= 0.6 is 0 Å². The van der Waals surface area contributed by atoms with Crippen molar-refractivity contribution in [2.45, 2.75) is 58.5 Å². The molecule has 0 saturated heterocycles. The third-order valence-electron chi connectivity index (χ3n) is 3.14. The summed E-state index contributed by atoms with van der Waals surface area (Å²) in [7, 11) is 0. The van der Waals surface area contributed by atoms with Gasteiger partial charge in [-0.15, -0.1) is 0 Å². The molecule has 0 saturated carbocycles. The van der Waals surface area contributed by atoms with E-state index < -0.39 is 0 Å². The van der Waals surface area contributed by atoms with Crippen molar-refractivity contribution in [3.63, 3.8) is 0 Å². The van der Waals surface area contributed by atoms with Gasteiger partial charge in [0.15, 0.2) is 0 Å². The molecule has 1 aliphatic rings. The molecular formula is C12H21N3. The van der Waals surface area contributed by atoms with E-state index in [-0.39, 0.29) is 11.6 Å². The van der Waals surface area contributed by atoms with Crippen LogP contribution in [0.3, 0.4) is 0 Å². The minimum absolute atomic E-state index is 0.0649. The zero-order valence-corrected chi connectivity index (χ0v) is 10.2. The second-order valence-corrected chi connectivity index (χ2v) is 5.53. The first-order valence-electron chi connectivity index (χ1n) is 5.75. The first kappa shape index (κ1) is 10.7. The second-order valence-electron chi connectivity index (χ2n) is 5.53. The highest BCUT2D eigenvalue weighted by atomic mass is 15.3. The van der Waals surface area contributed by atoms with E-state index in [4.69, 9.17) is 5.73 Å². The quantitative estimate of drug-likeness (QED) is 0.709. The van der Waals surface area contributed by atoms with Crippen LogP contribution in [0, 0.1) is 6.92 Å². The molecule has 15 heavy (non-hydrogen) atoms. The molecule has 2 N–H and O–H groups in total.